The monoisotopic (exact) mass is 897 g/mol. The summed E-state index contributed by atoms with van der Waals surface area (Å²) in [6.07, 6.45) is 9.68. The molecule has 8 bridgehead atoms. The Morgan fingerprint density at radius 3 is 1.90 bits per heavy atom. The maximum absolute atomic E-state index is 13.2. The summed E-state index contributed by atoms with van der Waals surface area (Å²) in [5.41, 5.74) is 13.1. The van der Waals surface area contributed by atoms with Crippen LogP contribution < -0.4 is 9.97 Å². The van der Waals surface area contributed by atoms with E-state index in [0.29, 0.717) is 107 Å². The Morgan fingerprint density at radius 1 is 0.667 bits per heavy atom. The summed E-state index contributed by atoms with van der Waals surface area (Å²) in [6.45, 7) is 19.1. The maximum Gasteiger partial charge on any atom is 2.00 e. The molecule has 0 saturated carbocycles. The number of carboxylic acid groups (broad SMARTS) is 1. The van der Waals surface area contributed by atoms with Crippen LogP contribution in [0.5, 0.6) is 0 Å². The van der Waals surface area contributed by atoms with Gasteiger partial charge >= 0.3 is 23.0 Å². The van der Waals surface area contributed by atoms with Crippen LogP contribution in [-0.2, 0) is 56.9 Å². The van der Waals surface area contributed by atoms with Crippen molar-refractivity contribution in [3.05, 3.63) is 101 Å². The van der Waals surface area contributed by atoms with E-state index in [-0.39, 0.29) is 41.1 Å². The van der Waals surface area contributed by atoms with E-state index >= 15 is 0 Å². The molecule has 0 aromatic carbocycles. The predicted molar refractivity (Wildman–Crippen MR) is 241 cm³/mol. The number of carbonyl (C=O) groups is 4. The summed E-state index contributed by atoms with van der Waals surface area (Å²) >= 11 is 0. The number of Topliss-reactive ketones (excluding diaryl/α,β-unsaturated/α-hetero) is 1. The van der Waals surface area contributed by atoms with E-state index < -0.39 is 5.97 Å². The largest absolute Gasteiger partial charge is 2.00 e. The molecule has 0 unspecified atom stereocenters. The first-order valence-corrected chi connectivity index (χ1v) is 21.2. The molecule has 0 atom stereocenters. The molecule has 0 fully saturated rings. The Kier molecular flexibility index (Phi) is 17.5. The number of allylic oxidation sites excluding steroid dienone is 5. The van der Waals surface area contributed by atoms with Crippen LogP contribution in [0.1, 0.15) is 104 Å². The summed E-state index contributed by atoms with van der Waals surface area (Å²) in [7, 11) is 0. The molecule has 3 aromatic heterocycles. The molecule has 0 radical (unpaired) electrons. The van der Waals surface area contributed by atoms with Gasteiger partial charge in [0, 0.05) is 56.7 Å². The van der Waals surface area contributed by atoms with Crippen molar-refractivity contribution in [2.24, 2.45) is 0 Å². The van der Waals surface area contributed by atoms with Crippen molar-refractivity contribution in [3.8, 4) is 0 Å². The molecule has 2 amide bonds. The number of ether oxygens (including phenoxy) is 3. The van der Waals surface area contributed by atoms with Crippen molar-refractivity contribution >= 4 is 74.0 Å². The van der Waals surface area contributed by atoms with Crippen molar-refractivity contribution < 1.29 is 55.6 Å². The van der Waals surface area contributed by atoms with Crippen LogP contribution in [0.2, 0.25) is 0 Å². The third-order valence-electron chi connectivity index (χ3n) is 11.4. The van der Waals surface area contributed by atoms with Gasteiger partial charge in [-0.3, -0.25) is 24.1 Å². The molecule has 0 saturated heterocycles. The van der Waals surface area contributed by atoms with Crippen molar-refractivity contribution in [2.45, 2.75) is 79.1 Å². The average Bonchev–Trinajstić information content (AvgIpc) is 3.99. The van der Waals surface area contributed by atoms with E-state index in [0.717, 1.165) is 73.4 Å². The molecule has 3 aliphatic heterocycles. The average molecular weight is 898 g/mol. The molecule has 1 N–H and O–H groups in total. The van der Waals surface area contributed by atoms with Crippen LogP contribution in [0.4, 0.5) is 0 Å². The zero-order valence-corrected chi connectivity index (χ0v) is 37.6. The van der Waals surface area contributed by atoms with Gasteiger partial charge in [-0.15, -0.1) is 22.1 Å². The minimum absolute atomic E-state index is 0. The molecule has 6 heterocycles. The molecule has 332 valence electrons. The summed E-state index contributed by atoms with van der Waals surface area (Å²) in [5, 5.41) is 9.64. The molecule has 3 aromatic rings. The summed E-state index contributed by atoms with van der Waals surface area (Å²) in [4.78, 5) is 69.5. The van der Waals surface area contributed by atoms with Crippen LogP contribution >= 0.6 is 0 Å². The van der Waals surface area contributed by atoms with Gasteiger partial charge < -0.3 is 29.3 Å². The Morgan fingerprint density at radius 2 is 1.24 bits per heavy atom. The molecule has 13 nitrogen and oxygen atoms in total. The number of hydrogen-bond donors (Lipinski definition) is 1. The van der Waals surface area contributed by atoms with Gasteiger partial charge in [0.05, 0.1) is 49.2 Å². The minimum atomic E-state index is -0.893. The van der Waals surface area contributed by atoms with E-state index in [1.165, 1.54) is 17.1 Å². The topological polar surface area (TPSA) is 173 Å². The first-order valence-electron chi connectivity index (χ1n) is 21.2. The maximum atomic E-state index is 13.2. The van der Waals surface area contributed by atoms with E-state index in [1.807, 2.05) is 58.0 Å². The van der Waals surface area contributed by atoms with Crippen molar-refractivity contribution in [1.82, 2.24) is 24.8 Å². The number of nitrogens with zero attached hydrogens (tertiary/aromatic N) is 5. The van der Waals surface area contributed by atoms with E-state index in [9.17, 15) is 24.3 Å². The van der Waals surface area contributed by atoms with Gasteiger partial charge in [-0.2, -0.15) is 0 Å². The number of unbranched alkanes of at least 4 members (excludes halogenated alkanes) is 1. The first-order chi connectivity index (χ1) is 29.9. The van der Waals surface area contributed by atoms with Gasteiger partial charge in [-0.25, -0.2) is 9.97 Å². The molecule has 6 rings (SSSR count). The minimum Gasteiger partial charge on any atom is -0.657 e. The van der Waals surface area contributed by atoms with Gasteiger partial charge in [0.2, 0.25) is 0 Å². The van der Waals surface area contributed by atoms with Gasteiger partial charge in [0.1, 0.15) is 5.78 Å². The number of aryl methyl sites for hydroxylation is 3. The molecule has 63 heavy (non-hydrogen) atoms. The van der Waals surface area contributed by atoms with Crippen LogP contribution in [0, 0.1) is 13.8 Å². The second kappa shape index (κ2) is 22.7. The number of fused-ring (bicyclic) bond motifs is 8. The number of ketones is 1. The summed E-state index contributed by atoms with van der Waals surface area (Å²) in [6, 6.07) is 7.81. The summed E-state index contributed by atoms with van der Waals surface area (Å²) in [5.74, 6) is -1.31. The fourth-order valence-electron chi connectivity index (χ4n) is 7.81. The number of carboxylic acids is 1. The Balaban J connectivity index is 0.00000748. The van der Waals surface area contributed by atoms with Crippen LogP contribution in [-0.4, -0.2) is 89.7 Å². The molecular weight excluding hydrogens is 842 g/mol. The number of rotatable bonds is 23. The molecule has 14 heteroatoms. The van der Waals surface area contributed by atoms with E-state index in [2.05, 4.69) is 13.2 Å². The van der Waals surface area contributed by atoms with E-state index in [4.69, 9.17) is 34.1 Å². The second-order valence-corrected chi connectivity index (χ2v) is 15.5. The number of aromatic nitrogens is 4. The number of aliphatic carboxylic acids is 1. The van der Waals surface area contributed by atoms with Gasteiger partial charge in [-0.05, 0) is 82.1 Å². The standard InChI is InChI=1S/C49H57N5O8.Fe/c1-7-35-30(3)39-26-40-32(5)37(14-13-34(55)12-9-10-20-60-22-24-62-25-23-61-21-11-19-54-47(56)16-17-48(54)57)45(52-40)29-46-38(15-18-49(58)59)33(6)42(53-46)28-44-36(8-2)31(4)41(51-44)27-43(35)50-39;/h7-8,16-17,26-29H,1-2,9-15,18-25H2,3-6H3,(H3,50,51,52,53,56,57,58,59);/q;+2/p-2. The number of amides is 2. The Hall–Kier alpha value is -5.50. The van der Waals surface area contributed by atoms with Crippen molar-refractivity contribution in [2.75, 3.05) is 46.2 Å². The normalized spacial score (nSPS) is 13.6. The fraction of sp³-hybridized carbons (Fsp3) is 0.388. The van der Waals surface area contributed by atoms with Crippen molar-refractivity contribution in [1.29, 1.82) is 0 Å². The first kappa shape index (κ1) is 48.5. The van der Waals surface area contributed by atoms with Gasteiger partial charge in [0.25, 0.3) is 11.8 Å². The SMILES string of the molecule is C=CC1=C(C)c2cc3[n-]c(cc4nc(cc5[n-]c(cc1n2)c(C)c5C=C)C(C)=C4CCC(=O)O)c(CCC(=O)CCCCOCCOCCOCCCN1C(=O)C=CC1=O)c3C.[Fe+2]. The number of hydrogen-bond acceptors (Lipinski definition) is 9. The third-order valence-corrected chi connectivity index (χ3v) is 11.4. The predicted octanol–water partition coefficient (Wildman–Crippen LogP) is 7.78. The molecule has 0 aliphatic carbocycles. The molecule has 3 aliphatic rings. The summed E-state index contributed by atoms with van der Waals surface area (Å²) < 4.78 is 16.8. The second-order valence-electron chi connectivity index (χ2n) is 15.5. The van der Waals surface area contributed by atoms with E-state index in [1.54, 1.807) is 6.08 Å². The zero-order chi connectivity index (χ0) is 44.3. The zero-order valence-electron chi connectivity index (χ0n) is 36.5. The van der Waals surface area contributed by atoms with Crippen LogP contribution in [0.3, 0.4) is 0 Å². The van der Waals surface area contributed by atoms with Crippen molar-refractivity contribution in [3.63, 3.8) is 0 Å². The smallest absolute Gasteiger partial charge is 0.657 e. The van der Waals surface area contributed by atoms with Gasteiger partial charge in [-0.1, -0.05) is 66.3 Å². The van der Waals surface area contributed by atoms with Crippen LogP contribution in [0.25, 0.3) is 50.4 Å². The Bertz CT molecular complexity index is 2510. The molecule has 0 spiro atoms. The third kappa shape index (κ3) is 12.0. The fourth-order valence-corrected chi connectivity index (χ4v) is 7.81. The number of carbonyl (C=O) groups excluding carboxylic acids is 3. The Labute approximate surface area is 378 Å². The quantitative estimate of drug-likeness (QED) is 0.0557. The molecular formula is C49H55FeN5O8. The number of imide groups is 1. The van der Waals surface area contributed by atoms with Crippen LogP contribution in [0.15, 0.2) is 55.7 Å². The van der Waals surface area contributed by atoms with Gasteiger partial charge in [0.15, 0.2) is 0 Å².